The van der Waals surface area contributed by atoms with E-state index in [1.807, 2.05) is 26.2 Å². The van der Waals surface area contributed by atoms with Gasteiger partial charge in [-0.2, -0.15) is 0 Å². The van der Waals surface area contributed by atoms with Crippen LogP contribution in [-0.2, 0) is 11.8 Å². The van der Waals surface area contributed by atoms with Gasteiger partial charge < -0.3 is 19.5 Å². The molecule has 1 aliphatic carbocycles. The Labute approximate surface area is 181 Å². The molecular weight excluding hydrogens is 394 g/mol. The summed E-state index contributed by atoms with van der Waals surface area (Å²) in [5, 5.41) is 4.13. The van der Waals surface area contributed by atoms with Gasteiger partial charge in [0.2, 0.25) is 5.91 Å². The van der Waals surface area contributed by atoms with Gasteiger partial charge >= 0.3 is 12.1 Å². The third-order valence-electron chi connectivity index (χ3n) is 5.95. The Morgan fingerprint density at radius 2 is 1.97 bits per heavy atom. The topological polar surface area (TPSA) is 89.4 Å². The molecule has 0 saturated heterocycles. The number of nitrogens with zero attached hydrogens (tertiary/aromatic N) is 4. The normalized spacial score (nSPS) is 18.2. The largest absolute Gasteiger partial charge is 0.417 e. The molecule has 2 heterocycles. The number of fused-ring (bicyclic) bond motifs is 1. The molecule has 3 aromatic rings. The summed E-state index contributed by atoms with van der Waals surface area (Å²) in [5.74, 6) is 0.0378. The van der Waals surface area contributed by atoms with Gasteiger partial charge in [-0.05, 0) is 43.0 Å². The van der Waals surface area contributed by atoms with Crippen LogP contribution < -0.4 is 10.1 Å². The standard InChI is InChI=1S/C23H27N5O3/c1-4-21(29)26-18-6-7-19(12-18)28(3)23(30)31-22-24-13-17(14-25-22)15-5-8-20-16(11-15)9-10-27(20)2/h5,8-11,13-14,18-19H,4,6-7,12H2,1-3H3,(H,26,29)/t18-,19+/m0/s1. The van der Waals surface area contributed by atoms with Crippen LogP contribution in [0.5, 0.6) is 6.01 Å². The fourth-order valence-corrected chi connectivity index (χ4v) is 4.05. The van der Waals surface area contributed by atoms with Crippen LogP contribution in [0.25, 0.3) is 22.0 Å². The van der Waals surface area contributed by atoms with E-state index in [4.69, 9.17) is 4.74 Å². The van der Waals surface area contributed by atoms with E-state index in [-0.39, 0.29) is 24.0 Å². The molecule has 0 aliphatic heterocycles. The molecule has 8 heteroatoms. The third kappa shape index (κ3) is 4.52. The van der Waals surface area contributed by atoms with Crippen LogP contribution in [0.15, 0.2) is 42.9 Å². The number of amides is 2. The van der Waals surface area contributed by atoms with Crippen LogP contribution in [0.3, 0.4) is 0 Å². The van der Waals surface area contributed by atoms with Crippen molar-refractivity contribution in [1.29, 1.82) is 0 Å². The molecule has 2 atom stereocenters. The molecule has 0 bridgehead atoms. The van der Waals surface area contributed by atoms with Crippen molar-refractivity contribution in [1.82, 2.24) is 24.8 Å². The average molecular weight is 422 g/mol. The first-order valence-corrected chi connectivity index (χ1v) is 10.6. The average Bonchev–Trinajstić information content (AvgIpc) is 3.40. The lowest BCUT2D eigenvalue weighted by Crippen LogP contribution is -2.39. The van der Waals surface area contributed by atoms with Crippen molar-refractivity contribution < 1.29 is 14.3 Å². The number of rotatable bonds is 5. The van der Waals surface area contributed by atoms with Gasteiger partial charge in [0.1, 0.15) is 0 Å². The molecule has 2 amide bonds. The van der Waals surface area contributed by atoms with E-state index in [1.165, 1.54) is 0 Å². The van der Waals surface area contributed by atoms with Gasteiger partial charge in [0.05, 0.1) is 0 Å². The van der Waals surface area contributed by atoms with Crippen molar-refractivity contribution >= 4 is 22.9 Å². The van der Waals surface area contributed by atoms with E-state index in [0.29, 0.717) is 6.42 Å². The number of carbonyl (C=O) groups is 2. The van der Waals surface area contributed by atoms with Crippen LogP contribution in [-0.4, -0.2) is 50.6 Å². The van der Waals surface area contributed by atoms with Crippen LogP contribution in [0.2, 0.25) is 0 Å². The Bertz CT molecular complexity index is 1090. The second kappa shape index (κ2) is 8.75. The number of aryl methyl sites for hydroxylation is 1. The summed E-state index contributed by atoms with van der Waals surface area (Å²) in [6.45, 7) is 1.83. The molecule has 1 fully saturated rings. The number of hydrogen-bond donors (Lipinski definition) is 1. The molecule has 1 aliphatic rings. The number of ether oxygens (including phenoxy) is 1. The Hall–Kier alpha value is -3.42. The van der Waals surface area contributed by atoms with Crippen LogP contribution in [0.1, 0.15) is 32.6 Å². The van der Waals surface area contributed by atoms with E-state index in [9.17, 15) is 9.59 Å². The van der Waals surface area contributed by atoms with E-state index in [1.54, 1.807) is 24.3 Å². The second-order valence-corrected chi connectivity index (χ2v) is 8.02. The third-order valence-corrected chi connectivity index (χ3v) is 5.95. The minimum atomic E-state index is -0.495. The fraction of sp³-hybridized carbons (Fsp3) is 0.391. The molecule has 162 valence electrons. The highest BCUT2D eigenvalue weighted by Gasteiger charge is 2.31. The minimum absolute atomic E-state index is 0.0199. The maximum atomic E-state index is 12.5. The summed E-state index contributed by atoms with van der Waals surface area (Å²) in [5.41, 5.74) is 3.01. The molecule has 1 aromatic carbocycles. The molecule has 2 aromatic heterocycles. The lowest BCUT2D eigenvalue weighted by Gasteiger charge is -2.23. The van der Waals surface area contributed by atoms with Gasteiger partial charge in [0, 0.05) is 67.7 Å². The number of hydrogen-bond acceptors (Lipinski definition) is 5. The molecule has 4 rings (SSSR count). The van der Waals surface area contributed by atoms with Gasteiger partial charge in [0.25, 0.3) is 0 Å². The SMILES string of the molecule is CCC(=O)N[C@H]1CC[C@@H](N(C)C(=O)Oc2ncc(-c3ccc4c(ccn4C)c3)cn2)C1. The van der Waals surface area contributed by atoms with E-state index < -0.39 is 6.09 Å². The molecule has 0 unspecified atom stereocenters. The monoisotopic (exact) mass is 421 g/mol. The summed E-state index contributed by atoms with van der Waals surface area (Å²) in [4.78, 5) is 34.1. The molecule has 31 heavy (non-hydrogen) atoms. The highest BCUT2D eigenvalue weighted by molar-refractivity contribution is 5.85. The number of carbonyl (C=O) groups excluding carboxylic acids is 2. The lowest BCUT2D eigenvalue weighted by molar-refractivity contribution is -0.121. The van der Waals surface area contributed by atoms with Crippen molar-refractivity contribution in [2.24, 2.45) is 7.05 Å². The maximum Gasteiger partial charge on any atom is 0.417 e. The number of aromatic nitrogens is 3. The van der Waals surface area contributed by atoms with Crippen molar-refractivity contribution in [3.63, 3.8) is 0 Å². The Balaban J connectivity index is 1.37. The Kier molecular flexibility index (Phi) is 5.88. The molecule has 1 N–H and O–H groups in total. The molecular formula is C23H27N5O3. The predicted octanol–water partition coefficient (Wildman–Crippen LogP) is 3.51. The van der Waals surface area contributed by atoms with Crippen LogP contribution in [0, 0.1) is 0 Å². The summed E-state index contributed by atoms with van der Waals surface area (Å²) < 4.78 is 7.43. The van der Waals surface area contributed by atoms with Gasteiger partial charge in [-0.3, -0.25) is 4.79 Å². The van der Waals surface area contributed by atoms with Crippen molar-refractivity contribution in [2.45, 2.75) is 44.7 Å². The molecule has 0 radical (unpaired) electrons. The Morgan fingerprint density at radius 1 is 1.19 bits per heavy atom. The van der Waals surface area contributed by atoms with Gasteiger partial charge in [-0.15, -0.1) is 0 Å². The van der Waals surface area contributed by atoms with Crippen LogP contribution in [0.4, 0.5) is 4.79 Å². The predicted molar refractivity (Wildman–Crippen MR) is 118 cm³/mol. The first-order chi connectivity index (χ1) is 14.9. The maximum absolute atomic E-state index is 12.5. The smallest absolute Gasteiger partial charge is 0.374 e. The second-order valence-electron chi connectivity index (χ2n) is 8.02. The molecule has 0 spiro atoms. The van der Waals surface area contributed by atoms with Crippen LogP contribution >= 0.6 is 0 Å². The number of nitrogens with one attached hydrogen (secondary N) is 1. The van der Waals surface area contributed by atoms with Gasteiger partial charge in [0.15, 0.2) is 0 Å². The first kappa shape index (κ1) is 20.8. The van der Waals surface area contributed by atoms with Crippen molar-refractivity contribution in [3.05, 3.63) is 42.9 Å². The lowest BCUT2D eigenvalue weighted by atomic mass is 10.1. The quantitative estimate of drug-likeness (QED) is 0.681. The fourth-order valence-electron chi connectivity index (χ4n) is 4.05. The minimum Gasteiger partial charge on any atom is -0.374 e. The zero-order chi connectivity index (χ0) is 22.0. The summed E-state index contributed by atoms with van der Waals surface area (Å²) in [7, 11) is 3.72. The summed E-state index contributed by atoms with van der Waals surface area (Å²) in [6.07, 6.45) is 7.70. The van der Waals surface area contributed by atoms with Crippen molar-refractivity contribution in [2.75, 3.05) is 7.05 Å². The first-order valence-electron chi connectivity index (χ1n) is 10.6. The zero-order valence-electron chi connectivity index (χ0n) is 18.0. The van der Waals surface area contributed by atoms with E-state index in [0.717, 1.165) is 41.3 Å². The van der Waals surface area contributed by atoms with E-state index in [2.05, 4.69) is 38.1 Å². The summed E-state index contributed by atoms with van der Waals surface area (Å²) in [6, 6.07) is 8.38. The summed E-state index contributed by atoms with van der Waals surface area (Å²) >= 11 is 0. The number of benzene rings is 1. The molecule has 8 nitrogen and oxygen atoms in total. The van der Waals surface area contributed by atoms with Gasteiger partial charge in [-0.1, -0.05) is 13.0 Å². The highest BCUT2D eigenvalue weighted by Crippen LogP contribution is 2.26. The zero-order valence-corrected chi connectivity index (χ0v) is 18.0. The van der Waals surface area contributed by atoms with Crippen molar-refractivity contribution in [3.8, 4) is 17.1 Å². The molecule has 1 saturated carbocycles. The Morgan fingerprint density at radius 3 is 2.71 bits per heavy atom. The van der Waals surface area contributed by atoms with Gasteiger partial charge in [-0.25, -0.2) is 14.8 Å². The van der Waals surface area contributed by atoms with E-state index >= 15 is 0 Å². The highest BCUT2D eigenvalue weighted by atomic mass is 16.6.